The Labute approximate surface area is 127 Å². The van der Waals surface area contributed by atoms with Gasteiger partial charge in [0.25, 0.3) is 0 Å². The van der Waals surface area contributed by atoms with Gasteiger partial charge in [-0.1, -0.05) is 12.1 Å². The summed E-state index contributed by atoms with van der Waals surface area (Å²) in [7, 11) is -3.60. The summed E-state index contributed by atoms with van der Waals surface area (Å²) >= 11 is 1.44. The van der Waals surface area contributed by atoms with Gasteiger partial charge < -0.3 is 9.84 Å². The van der Waals surface area contributed by atoms with Crippen LogP contribution in [0.3, 0.4) is 0 Å². The van der Waals surface area contributed by atoms with Crippen molar-refractivity contribution in [1.29, 1.82) is 0 Å². The van der Waals surface area contributed by atoms with Crippen molar-refractivity contribution < 1.29 is 12.9 Å². The molecule has 2 heterocycles. The molecule has 21 heavy (non-hydrogen) atoms. The number of hydrogen-bond acceptors (Lipinski definition) is 7. The highest BCUT2D eigenvalue weighted by Crippen LogP contribution is 2.26. The molecule has 0 atom stereocenters. The summed E-state index contributed by atoms with van der Waals surface area (Å²) in [5.41, 5.74) is 0.738. The summed E-state index contributed by atoms with van der Waals surface area (Å²) in [6, 6.07) is 0. The van der Waals surface area contributed by atoms with E-state index in [0.717, 1.165) is 17.0 Å². The van der Waals surface area contributed by atoms with E-state index in [1.165, 1.54) is 11.3 Å². The molecule has 0 radical (unpaired) electrons. The Kier molecular flexibility index (Phi) is 5.09. The Bertz CT molecular complexity index is 706. The Hall–Kier alpha value is -1.29. The number of thiophene rings is 1. The van der Waals surface area contributed by atoms with Crippen LogP contribution in [0.1, 0.15) is 29.1 Å². The van der Waals surface area contributed by atoms with Crippen LogP contribution in [0.5, 0.6) is 0 Å². The lowest BCUT2D eigenvalue weighted by Gasteiger charge is -2.08. The predicted octanol–water partition coefficient (Wildman–Crippen LogP) is 1.34. The third-order valence-electron chi connectivity index (χ3n) is 2.78. The molecule has 0 saturated heterocycles. The first-order valence-corrected chi connectivity index (χ1v) is 8.87. The minimum absolute atomic E-state index is 0.0148. The normalized spacial score (nSPS) is 12.0. The van der Waals surface area contributed by atoms with Gasteiger partial charge >= 0.3 is 0 Å². The molecule has 0 saturated carbocycles. The number of aromatic nitrogens is 2. The third-order valence-corrected chi connectivity index (χ3v) is 5.64. The minimum atomic E-state index is -3.60. The number of nitrogens with zero attached hydrogens (tertiary/aromatic N) is 2. The van der Waals surface area contributed by atoms with Crippen LogP contribution in [0.2, 0.25) is 0 Å². The molecule has 0 fully saturated rings. The van der Waals surface area contributed by atoms with E-state index in [2.05, 4.69) is 20.2 Å². The Morgan fingerprint density at radius 3 is 2.71 bits per heavy atom. The average Bonchev–Trinajstić information content (AvgIpc) is 3.00. The summed E-state index contributed by atoms with van der Waals surface area (Å²) < 4.78 is 32.3. The zero-order chi connectivity index (χ0) is 15.5. The standard InChI is InChI=1S/C12H18N4O3S2/c1-4-13-5-10-12(8(2)7-20-10)21(17,18)14-6-11-15-9(3)16-19-11/h7,13-14H,4-6H2,1-3H3. The van der Waals surface area contributed by atoms with Gasteiger partial charge in [0.2, 0.25) is 15.9 Å². The first-order valence-electron chi connectivity index (χ1n) is 6.50. The van der Waals surface area contributed by atoms with Gasteiger partial charge in [0.1, 0.15) is 4.90 Å². The number of rotatable bonds is 7. The topological polar surface area (TPSA) is 97.1 Å². The largest absolute Gasteiger partial charge is 0.338 e. The van der Waals surface area contributed by atoms with Crippen LogP contribution < -0.4 is 10.0 Å². The highest BCUT2D eigenvalue weighted by Gasteiger charge is 2.23. The fraction of sp³-hybridized carbons (Fsp3) is 0.500. The number of nitrogens with one attached hydrogen (secondary N) is 2. The molecule has 2 rings (SSSR count). The van der Waals surface area contributed by atoms with E-state index >= 15 is 0 Å². The van der Waals surface area contributed by atoms with E-state index in [1.807, 2.05) is 12.3 Å². The second-order valence-corrected chi connectivity index (χ2v) is 7.18. The molecule has 0 unspecified atom stereocenters. The van der Waals surface area contributed by atoms with Crippen molar-refractivity contribution in [1.82, 2.24) is 20.2 Å². The molecule has 0 aliphatic rings. The van der Waals surface area contributed by atoms with E-state index in [4.69, 9.17) is 4.52 Å². The van der Waals surface area contributed by atoms with Gasteiger partial charge in [-0.25, -0.2) is 13.1 Å². The molecule has 7 nitrogen and oxygen atoms in total. The zero-order valence-electron chi connectivity index (χ0n) is 12.1. The van der Waals surface area contributed by atoms with Crippen molar-refractivity contribution in [2.75, 3.05) is 6.54 Å². The SMILES string of the molecule is CCNCc1scc(C)c1S(=O)(=O)NCc1nc(C)no1. The van der Waals surface area contributed by atoms with Crippen molar-refractivity contribution >= 4 is 21.4 Å². The van der Waals surface area contributed by atoms with Gasteiger partial charge in [-0.3, -0.25) is 0 Å². The predicted molar refractivity (Wildman–Crippen MR) is 79.5 cm³/mol. The number of aryl methyl sites for hydroxylation is 2. The monoisotopic (exact) mass is 330 g/mol. The zero-order valence-corrected chi connectivity index (χ0v) is 13.8. The highest BCUT2D eigenvalue weighted by molar-refractivity contribution is 7.89. The Morgan fingerprint density at radius 1 is 1.33 bits per heavy atom. The van der Waals surface area contributed by atoms with E-state index < -0.39 is 10.0 Å². The van der Waals surface area contributed by atoms with Crippen molar-refractivity contribution in [2.45, 2.75) is 38.8 Å². The molecule has 0 aromatic carbocycles. The molecule has 9 heteroatoms. The molecular weight excluding hydrogens is 312 g/mol. The van der Waals surface area contributed by atoms with Crippen LogP contribution in [0.25, 0.3) is 0 Å². The van der Waals surface area contributed by atoms with Crippen LogP contribution in [0.15, 0.2) is 14.8 Å². The van der Waals surface area contributed by atoms with Crippen molar-refractivity contribution in [3.8, 4) is 0 Å². The maximum absolute atomic E-state index is 12.5. The molecule has 2 N–H and O–H groups in total. The third kappa shape index (κ3) is 3.88. The number of hydrogen-bond donors (Lipinski definition) is 2. The fourth-order valence-corrected chi connectivity index (χ4v) is 4.60. The molecule has 2 aromatic rings. The van der Waals surface area contributed by atoms with E-state index in [-0.39, 0.29) is 12.4 Å². The van der Waals surface area contributed by atoms with Crippen LogP contribution in [0, 0.1) is 13.8 Å². The lowest BCUT2D eigenvalue weighted by Crippen LogP contribution is -2.25. The maximum Gasteiger partial charge on any atom is 0.242 e. The molecule has 0 amide bonds. The Balaban J connectivity index is 2.17. The van der Waals surface area contributed by atoms with Crippen LogP contribution >= 0.6 is 11.3 Å². The van der Waals surface area contributed by atoms with Crippen LogP contribution in [0.4, 0.5) is 0 Å². The maximum atomic E-state index is 12.5. The van der Waals surface area contributed by atoms with E-state index in [9.17, 15) is 8.42 Å². The van der Waals surface area contributed by atoms with Gasteiger partial charge in [-0.05, 0) is 31.3 Å². The summed E-state index contributed by atoms with van der Waals surface area (Å²) in [5.74, 6) is 0.723. The first kappa shape index (κ1) is 16.1. The fourth-order valence-electron chi connectivity index (χ4n) is 1.85. The molecule has 0 aliphatic carbocycles. The lowest BCUT2D eigenvalue weighted by atomic mass is 10.3. The summed E-state index contributed by atoms with van der Waals surface area (Å²) in [5, 5.41) is 8.62. The summed E-state index contributed by atoms with van der Waals surface area (Å²) in [4.78, 5) is 5.11. The van der Waals surface area contributed by atoms with Crippen LogP contribution in [-0.2, 0) is 23.1 Å². The molecule has 0 spiro atoms. The average molecular weight is 330 g/mol. The van der Waals surface area contributed by atoms with E-state index in [1.54, 1.807) is 13.8 Å². The lowest BCUT2D eigenvalue weighted by molar-refractivity contribution is 0.372. The van der Waals surface area contributed by atoms with Gasteiger partial charge in [0.05, 0.1) is 6.54 Å². The van der Waals surface area contributed by atoms with Gasteiger partial charge in [0.15, 0.2) is 5.82 Å². The smallest absolute Gasteiger partial charge is 0.242 e. The second-order valence-electron chi connectivity index (χ2n) is 4.51. The summed E-state index contributed by atoms with van der Waals surface area (Å²) in [6.07, 6.45) is 0. The molecule has 0 aliphatic heterocycles. The van der Waals surface area contributed by atoms with Crippen LogP contribution in [-0.4, -0.2) is 25.1 Å². The van der Waals surface area contributed by atoms with Crippen molar-refractivity contribution in [2.24, 2.45) is 0 Å². The summed E-state index contributed by atoms with van der Waals surface area (Å²) in [6.45, 7) is 6.75. The quantitative estimate of drug-likeness (QED) is 0.795. The molecule has 2 aromatic heterocycles. The molecular formula is C12H18N4O3S2. The van der Waals surface area contributed by atoms with Crippen molar-refractivity contribution in [3.05, 3.63) is 27.5 Å². The molecule has 116 valence electrons. The minimum Gasteiger partial charge on any atom is -0.338 e. The van der Waals surface area contributed by atoms with Gasteiger partial charge in [-0.2, -0.15) is 4.98 Å². The Morgan fingerprint density at radius 2 is 2.10 bits per heavy atom. The number of sulfonamides is 1. The van der Waals surface area contributed by atoms with E-state index in [0.29, 0.717) is 17.3 Å². The van der Waals surface area contributed by atoms with Gasteiger partial charge in [0, 0.05) is 11.4 Å². The highest BCUT2D eigenvalue weighted by atomic mass is 32.2. The first-order chi connectivity index (χ1) is 9.94. The van der Waals surface area contributed by atoms with Crippen molar-refractivity contribution in [3.63, 3.8) is 0 Å². The second kappa shape index (κ2) is 6.65. The molecule has 0 bridgehead atoms. The van der Waals surface area contributed by atoms with Gasteiger partial charge in [-0.15, -0.1) is 11.3 Å².